The molecule has 0 radical (unpaired) electrons. The first kappa shape index (κ1) is 12.9. The van der Waals surface area contributed by atoms with E-state index in [-0.39, 0.29) is 0 Å². The van der Waals surface area contributed by atoms with Crippen molar-refractivity contribution in [3.8, 4) is 0 Å². The minimum Gasteiger partial charge on any atom is -0.315 e. The lowest BCUT2D eigenvalue weighted by molar-refractivity contribution is 0.216. The Labute approximate surface area is 94.6 Å². The number of piperidine rings is 1. The summed E-state index contributed by atoms with van der Waals surface area (Å²) in [5.41, 5.74) is 0. The van der Waals surface area contributed by atoms with E-state index >= 15 is 0 Å². The van der Waals surface area contributed by atoms with E-state index in [1.165, 1.54) is 38.9 Å². The third-order valence-corrected chi connectivity index (χ3v) is 3.18. The Balaban J connectivity index is 1.87. The first-order valence-corrected chi connectivity index (χ1v) is 6.43. The van der Waals surface area contributed by atoms with Gasteiger partial charge in [-0.05, 0) is 58.4 Å². The first-order chi connectivity index (χ1) is 7.33. The van der Waals surface area contributed by atoms with E-state index in [1.807, 2.05) is 0 Å². The number of hydrogen-bond donors (Lipinski definition) is 2. The molecular weight excluding hydrogens is 186 g/mol. The maximum Gasteiger partial charge on any atom is 0.00768 e. The van der Waals surface area contributed by atoms with Gasteiger partial charge in [0.15, 0.2) is 0 Å². The molecular formula is C12H27N3. The van der Waals surface area contributed by atoms with Crippen LogP contribution in [0.25, 0.3) is 0 Å². The zero-order valence-corrected chi connectivity index (χ0v) is 10.4. The Morgan fingerprint density at radius 3 is 2.40 bits per heavy atom. The van der Waals surface area contributed by atoms with E-state index in [9.17, 15) is 0 Å². The van der Waals surface area contributed by atoms with Crippen molar-refractivity contribution < 1.29 is 0 Å². The normalized spacial score (nSPS) is 19.6. The van der Waals surface area contributed by atoms with Crippen LogP contribution in [0, 0.1) is 5.92 Å². The molecule has 0 unspecified atom stereocenters. The summed E-state index contributed by atoms with van der Waals surface area (Å²) in [5, 5.41) is 6.96. The van der Waals surface area contributed by atoms with Crippen molar-refractivity contribution in [2.45, 2.75) is 26.2 Å². The highest BCUT2D eigenvalue weighted by molar-refractivity contribution is 4.71. The largest absolute Gasteiger partial charge is 0.315 e. The molecule has 2 N–H and O–H groups in total. The Morgan fingerprint density at radius 2 is 1.73 bits per heavy atom. The fourth-order valence-electron chi connectivity index (χ4n) is 2.05. The van der Waals surface area contributed by atoms with E-state index in [0.29, 0.717) is 0 Å². The quantitative estimate of drug-likeness (QED) is 0.616. The van der Waals surface area contributed by atoms with Crippen LogP contribution in [0.4, 0.5) is 0 Å². The fourth-order valence-corrected chi connectivity index (χ4v) is 2.05. The average Bonchev–Trinajstić information content (AvgIpc) is 2.26. The van der Waals surface area contributed by atoms with Crippen molar-refractivity contribution in [1.82, 2.24) is 15.5 Å². The summed E-state index contributed by atoms with van der Waals surface area (Å²) in [4.78, 5) is 2.43. The third-order valence-electron chi connectivity index (χ3n) is 3.18. The van der Waals surface area contributed by atoms with Crippen molar-refractivity contribution in [3.63, 3.8) is 0 Å². The second-order valence-corrected chi connectivity index (χ2v) is 4.70. The van der Waals surface area contributed by atoms with Crippen molar-refractivity contribution >= 4 is 0 Å². The summed E-state index contributed by atoms with van der Waals surface area (Å²) in [6, 6.07) is 0. The molecule has 0 amide bonds. The summed E-state index contributed by atoms with van der Waals surface area (Å²) in [6.45, 7) is 9.35. The summed E-state index contributed by atoms with van der Waals surface area (Å²) < 4.78 is 0. The van der Waals surface area contributed by atoms with Gasteiger partial charge < -0.3 is 15.5 Å². The van der Waals surface area contributed by atoms with Gasteiger partial charge in [0.2, 0.25) is 0 Å². The van der Waals surface area contributed by atoms with Crippen molar-refractivity contribution in [3.05, 3.63) is 0 Å². The minimum atomic E-state index is 0.910. The lowest BCUT2D eigenvalue weighted by atomic mass is 9.97. The van der Waals surface area contributed by atoms with E-state index < -0.39 is 0 Å². The molecule has 3 nitrogen and oxygen atoms in total. The van der Waals surface area contributed by atoms with Gasteiger partial charge in [-0.1, -0.05) is 6.92 Å². The van der Waals surface area contributed by atoms with Gasteiger partial charge in [0, 0.05) is 13.1 Å². The summed E-state index contributed by atoms with van der Waals surface area (Å²) in [6.07, 6.45) is 3.97. The zero-order chi connectivity index (χ0) is 10.9. The van der Waals surface area contributed by atoms with Crippen LogP contribution in [0.15, 0.2) is 0 Å². The zero-order valence-electron chi connectivity index (χ0n) is 10.4. The van der Waals surface area contributed by atoms with Gasteiger partial charge in [0.05, 0.1) is 0 Å². The molecule has 0 spiro atoms. The van der Waals surface area contributed by atoms with E-state index in [2.05, 4.69) is 29.5 Å². The Kier molecular flexibility index (Phi) is 6.98. The molecule has 3 heteroatoms. The maximum absolute atomic E-state index is 3.55. The lowest BCUT2D eigenvalue weighted by Crippen LogP contribution is -2.36. The molecule has 15 heavy (non-hydrogen) atoms. The molecule has 0 bridgehead atoms. The SMILES string of the molecule is CCCNCCNCC1CCN(C)CC1. The number of rotatable bonds is 7. The lowest BCUT2D eigenvalue weighted by Gasteiger charge is -2.29. The van der Waals surface area contributed by atoms with Crippen LogP contribution in [0.1, 0.15) is 26.2 Å². The van der Waals surface area contributed by atoms with Crippen molar-refractivity contribution in [1.29, 1.82) is 0 Å². The molecule has 1 aliphatic heterocycles. The molecule has 1 saturated heterocycles. The first-order valence-electron chi connectivity index (χ1n) is 6.43. The molecule has 0 atom stereocenters. The number of nitrogens with one attached hydrogen (secondary N) is 2. The molecule has 1 heterocycles. The van der Waals surface area contributed by atoms with Crippen molar-refractivity contribution in [2.24, 2.45) is 5.92 Å². The van der Waals surface area contributed by atoms with Gasteiger partial charge in [0.25, 0.3) is 0 Å². The van der Waals surface area contributed by atoms with Gasteiger partial charge in [0.1, 0.15) is 0 Å². The highest BCUT2D eigenvalue weighted by atomic mass is 15.1. The standard InChI is InChI=1S/C12H27N3/c1-3-6-13-7-8-14-11-12-4-9-15(2)10-5-12/h12-14H,3-11H2,1-2H3. The monoisotopic (exact) mass is 213 g/mol. The maximum atomic E-state index is 3.55. The van der Waals surface area contributed by atoms with Gasteiger partial charge in [-0.15, -0.1) is 0 Å². The van der Waals surface area contributed by atoms with Crippen LogP contribution in [-0.2, 0) is 0 Å². The Morgan fingerprint density at radius 1 is 1.07 bits per heavy atom. The van der Waals surface area contributed by atoms with Gasteiger partial charge >= 0.3 is 0 Å². The molecule has 0 aromatic heterocycles. The molecule has 1 rings (SSSR count). The summed E-state index contributed by atoms with van der Waals surface area (Å²) in [7, 11) is 2.22. The molecule has 0 saturated carbocycles. The van der Waals surface area contributed by atoms with Gasteiger partial charge in [-0.2, -0.15) is 0 Å². The van der Waals surface area contributed by atoms with E-state index in [0.717, 1.165) is 25.6 Å². The van der Waals surface area contributed by atoms with Crippen LogP contribution in [-0.4, -0.2) is 51.2 Å². The third kappa shape index (κ3) is 6.13. The average molecular weight is 213 g/mol. The predicted octanol–water partition coefficient (Wildman–Crippen LogP) is 0.917. The number of nitrogens with zero attached hydrogens (tertiary/aromatic N) is 1. The molecule has 0 aromatic rings. The van der Waals surface area contributed by atoms with E-state index in [4.69, 9.17) is 0 Å². The second kappa shape index (κ2) is 8.08. The smallest absolute Gasteiger partial charge is 0.00768 e. The summed E-state index contributed by atoms with van der Waals surface area (Å²) in [5.74, 6) is 0.910. The van der Waals surface area contributed by atoms with E-state index in [1.54, 1.807) is 0 Å². The Hall–Kier alpha value is -0.120. The molecule has 1 fully saturated rings. The summed E-state index contributed by atoms with van der Waals surface area (Å²) >= 11 is 0. The van der Waals surface area contributed by atoms with Crippen LogP contribution in [0.3, 0.4) is 0 Å². The van der Waals surface area contributed by atoms with Gasteiger partial charge in [-0.3, -0.25) is 0 Å². The van der Waals surface area contributed by atoms with Gasteiger partial charge in [-0.25, -0.2) is 0 Å². The van der Waals surface area contributed by atoms with Crippen LogP contribution in [0.5, 0.6) is 0 Å². The topological polar surface area (TPSA) is 27.3 Å². The van der Waals surface area contributed by atoms with Crippen LogP contribution < -0.4 is 10.6 Å². The number of likely N-dealkylation sites (tertiary alicyclic amines) is 1. The fraction of sp³-hybridized carbons (Fsp3) is 1.00. The molecule has 0 aromatic carbocycles. The highest BCUT2D eigenvalue weighted by Crippen LogP contribution is 2.14. The highest BCUT2D eigenvalue weighted by Gasteiger charge is 2.15. The Bertz CT molecular complexity index is 142. The minimum absolute atomic E-state index is 0.910. The number of hydrogen-bond acceptors (Lipinski definition) is 3. The predicted molar refractivity (Wildman–Crippen MR) is 66.3 cm³/mol. The van der Waals surface area contributed by atoms with Crippen LogP contribution >= 0.6 is 0 Å². The second-order valence-electron chi connectivity index (χ2n) is 4.70. The molecule has 0 aliphatic carbocycles. The van der Waals surface area contributed by atoms with Crippen LogP contribution in [0.2, 0.25) is 0 Å². The van der Waals surface area contributed by atoms with Crippen molar-refractivity contribution in [2.75, 3.05) is 46.3 Å². The molecule has 1 aliphatic rings. The molecule has 90 valence electrons.